The summed E-state index contributed by atoms with van der Waals surface area (Å²) >= 11 is 0. The van der Waals surface area contributed by atoms with Crippen LogP contribution in [0.2, 0.25) is 0 Å². The molecule has 1 amide bonds. The van der Waals surface area contributed by atoms with Crippen LogP contribution in [0.1, 0.15) is 46.5 Å². The zero-order valence-corrected chi connectivity index (χ0v) is 11.6. The molecule has 102 valence electrons. The Morgan fingerprint density at radius 1 is 1.44 bits per heavy atom. The van der Waals surface area contributed by atoms with Gasteiger partial charge in [-0.25, -0.2) is 4.79 Å². The van der Waals surface area contributed by atoms with E-state index in [-0.39, 0.29) is 0 Å². The monoisotopic (exact) mass is 253 g/mol. The van der Waals surface area contributed by atoms with Crippen LogP contribution in [0.3, 0.4) is 0 Å². The molecule has 0 aromatic rings. The van der Waals surface area contributed by atoms with Crippen LogP contribution >= 0.6 is 0 Å². The summed E-state index contributed by atoms with van der Waals surface area (Å²) in [5, 5.41) is 0. The van der Waals surface area contributed by atoms with Gasteiger partial charge in [0.1, 0.15) is 17.4 Å². The molecule has 0 aliphatic carbocycles. The van der Waals surface area contributed by atoms with Crippen LogP contribution in [0.4, 0.5) is 4.79 Å². The molecule has 1 unspecified atom stereocenters. The SMILES string of the molecule is C=CCC1(C=O)CCCCN1C(=O)OC(C)(C)C. The summed E-state index contributed by atoms with van der Waals surface area (Å²) in [6.07, 6.45) is 5.18. The third-order valence-corrected chi connectivity index (χ3v) is 3.11. The summed E-state index contributed by atoms with van der Waals surface area (Å²) < 4.78 is 5.37. The first-order valence-corrected chi connectivity index (χ1v) is 6.42. The van der Waals surface area contributed by atoms with Crippen LogP contribution in [0.5, 0.6) is 0 Å². The van der Waals surface area contributed by atoms with Gasteiger partial charge >= 0.3 is 6.09 Å². The van der Waals surface area contributed by atoms with Crippen LogP contribution in [-0.2, 0) is 9.53 Å². The molecule has 1 aliphatic rings. The maximum atomic E-state index is 12.2. The van der Waals surface area contributed by atoms with Crippen molar-refractivity contribution in [3.8, 4) is 0 Å². The minimum Gasteiger partial charge on any atom is -0.444 e. The molecule has 0 aromatic heterocycles. The second-order valence-electron chi connectivity index (χ2n) is 5.80. The van der Waals surface area contributed by atoms with E-state index in [1.54, 1.807) is 11.0 Å². The summed E-state index contributed by atoms with van der Waals surface area (Å²) in [5.74, 6) is 0. The zero-order chi connectivity index (χ0) is 13.8. The van der Waals surface area contributed by atoms with Crippen molar-refractivity contribution < 1.29 is 14.3 Å². The first-order valence-electron chi connectivity index (χ1n) is 6.42. The Hall–Kier alpha value is -1.32. The minimum absolute atomic E-state index is 0.406. The molecule has 4 nitrogen and oxygen atoms in total. The van der Waals surface area contributed by atoms with Crippen molar-refractivity contribution in [2.75, 3.05) is 6.54 Å². The number of hydrogen-bond acceptors (Lipinski definition) is 3. The molecule has 0 bridgehead atoms. The Balaban J connectivity index is 2.90. The zero-order valence-electron chi connectivity index (χ0n) is 11.6. The summed E-state index contributed by atoms with van der Waals surface area (Å²) in [6.45, 7) is 9.72. The predicted molar refractivity (Wildman–Crippen MR) is 70.4 cm³/mol. The van der Waals surface area contributed by atoms with E-state index >= 15 is 0 Å². The van der Waals surface area contributed by atoms with Gasteiger partial charge < -0.3 is 9.53 Å². The lowest BCUT2D eigenvalue weighted by Gasteiger charge is -2.43. The standard InChI is InChI=1S/C14H23NO3/c1-5-8-14(11-16)9-6-7-10-15(14)12(17)18-13(2,3)4/h5,11H,1,6-10H2,2-4H3. The number of aldehydes is 1. The van der Waals surface area contributed by atoms with Gasteiger partial charge in [-0.15, -0.1) is 6.58 Å². The number of ether oxygens (including phenoxy) is 1. The number of nitrogens with zero attached hydrogens (tertiary/aromatic N) is 1. The number of carbonyl (C=O) groups is 2. The van der Waals surface area contributed by atoms with Gasteiger partial charge in [-0.05, 0) is 46.5 Å². The largest absolute Gasteiger partial charge is 0.444 e. The highest BCUT2D eigenvalue weighted by molar-refractivity contribution is 5.77. The molecule has 1 heterocycles. The van der Waals surface area contributed by atoms with E-state index in [1.165, 1.54) is 0 Å². The Morgan fingerprint density at radius 3 is 2.61 bits per heavy atom. The Morgan fingerprint density at radius 2 is 2.11 bits per heavy atom. The fourth-order valence-electron chi connectivity index (χ4n) is 2.28. The maximum absolute atomic E-state index is 12.2. The lowest BCUT2D eigenvalue weighted by atomic mass is 9.85. The van der Waals surface area contributed by atoms with Gasteiger partial charge in [-0.2, -0.15) is 0 Å². The third kappa shape index (κ3) is 3.34. The highest BCUT2D eigenvalue weighted by Crippen LogP contribution is 2.31. The van der Waals surface area contributed by atoms with Crippen LogP contribution in [-0.4, -0.2) is 35.0 Å². The molecule has 1 fully saturated rings. The number of piperidine rings is 1. The van der Waals surface area contributed by atoms with Gasteiger partial charge in [-0.1, -0.05) is 6.08 Å². The van der Waals surface area contributed by atoms with Crippen molar-refractivity contribution in [1.29, 1.82) is 0 Å². The van der Waals surface area contributed by atoms with Crippen LogP contribution < -0.4 is 0 Å². The fourth-order valence-corrected chi connectivity index (χ4v) is 2.28. The van der Waals surface area contributed by atoms with E-state index in [0.717, 1.165) is 19.1 Å². The number of rotatable bonds is 3. The average Bonchev–Trinajstić information content (AvgIpc) is 2.27. The molecule has 0 spiro atoms. The molecular formula is C14H23NO3. The minimum atomic E-state index is -0.762. The normalized spacial score (nSPS) is 24.5. The molecule has 0 radical (unpaired) electrons. The van der Waals surface area contributed by atoms with Crippen molar-refractivity contribution in [2.24, 2.45) is 0 Å². The van der Waals surface area contributed by atoms with E-state index < -0.39 is 17.2 Å². The smallest absolute Gasteiger partial charge is 0.411 e. The van der Waals surface area contributed by atoms with E-state index in [2.05, 4.69) is 6.58 Å². The molecular weight excluding hydrogens is 230 g/mol. The van der Waals surface area contributed by atoms with Gasteiger partial charge in [0.05, 0.1) is 0 Å². The Labute approximate surface area is 109 Å². The lowest BCUT2D eigenvalue weighted by molar-refractivity contribution is -0.120. The highest BCUT2D eigenvalue weighted by atomic mass is 16.6. The molecule has 4 heteroatoms. The van der Waals surface area contributed by atoms with E-state index in [0.29, 0.717) is 19.4 Å². The van der Waals surface area contributed by atoms with E-state index in [1.807, 2.05) is 20.8 Å². The molecule has 1 saturated heterocycles. The van der Waals surface area contributed by atoms with Crippen molar-refractivity contribution in [1.82, 2.24) is 4.90 Å². The second-order valence-corrected chi connectivity index (χ2v) is 5.80. The van der Waals surface area contributed by atoms with Crippen molar-refractivity contribution in [3.63, 3.8) is 0 Å². The number of carbonyl (C=O) groups excluding carboxylic acids is 2. The van der Waals surface area contributed by atoms with Crippen LogP contribution in [0.25, 0.3) is 0 Å². The second kappa shape index (κ2) is 5.55. The lowest BCUT2D eigenvalue weighted by Crippen LogP contribution is -2.56. The van der Waals surface area contributed by atoms with Crippen molar-refractivity contribution >= 4 is 12.4 Å². The Kier molecular flexibility index (Phi) is 4.54. The van der Waals surface area contributed by atoms with Crippen molar-refractivity contribution in [3.05, 3.63) is 12.7 Å². The molecule has 1 atom stereocenters. The predicted octanol–water partition coefficient (Wildman–Crippen LogP) is 2.92. The molecule has 1 aliphatic heterocycles. The first kappa shape index (κ1) is 14.7. The van der Waals surface area contributed by atoms with Gasteiger partial charge in [0.15, 0.2) is 0 Å². The molecule has 0 N–H and O–H groups in total. The summed E-state index contributed by atoms with van der Waals surface area (Å²) in [5.41, 5.74) is -1.31. The third-order valence-electron chi connectivity index (χ3n) is 3.11. The number of amides is 1. The fraction of sp³-hybridized carbons (Fsp3) is 0.714. The summed E-state index contributed by atoms with van der Waals surface area (Å²) in [4.78, 5) is 25.2. The van der Waals surface area contributed by atoms with Gasteiger partial charge in [0.2, 0.25) is 0 Å². The number of hydrogen-bond donors (Lipinski definition) is 0. The summed E-state index contributed by atoms with van der Waals surface area (Å²) in [7, 11) is 0. The molecule has 18 heavy (non-hydrogen) atoms. The average molecular weight is 253 g/mol. The van der Waals surface area contributed by atoms with Gasteiger partial charge in [0.25, 0.3) is 0 Å². The first-order chi connectivity index (χ1) is 8.34. The number of likely N-dealkylation sites (tertiary alicyclic amines) is 1. The van der Waals surface area contributed by atoms with E-state index in [4.69, 9.17) is 4.74 Å². The molecule has 0 aromatic carbocycles. The van der Waals surface area contributed by atoms with Gasteiger partial charge in [-0.3, -0.25) is 4.90 Å². The molecule has 0 saturated carbocycles. The van der Waals surface area contributed by atoms with E-state index in [9.17, 15) is 9.59 Å². The summed E-state index contributed by atoms with van der Waals surface area (Å²) in [6, 6.07) is 0. The van der Waals surface area contributed by atoms with Crippen LogP contribution in [0.15, 0.2) is 12.7 Å². The highest BCUT2D eigenvalue weighted by Gasteiger charge is 2.42. The molecule has 1 rings (SSSR count). The Bertz CT molecular complexity index is 332. The van der Waals surface area contributed by atoms with Crippen molar-refractivity contribution in [2.45, 2.75) is 57.6 Å². The maximum Gasteiger partial charge on any atom is 0.411 e. The topological polar surface area (TPSA) is 46.6 Å². The van der Waals surface area contributed by atoms with Crippen LogP contribution in [0, 0.1) is 0 Å². The van der Waals surface area contributed by atoms with Gasteiger partial charge in [0, 0.05) is 6.54 Å². The quantitative estimate of drug-likeness (QED) is 0.574.